The van der Waals surface area contributed by atoms with Gasteiger partial charge in [0.25, 0.3) is 0 Å². The molecule has 1 aliphatic rings. The SMILES string of the molecule is [C-]#[N+]C1=C(c2cccc(NN)c2)NC(C)=C(C#N)[C@H]1C.[C-]#[O+]. The van der Waals surface area contributed by atoms with Gasteiger partial charge >= 0.3 is 11.3 Å². The van der Waals surface area contributed by atoms with Crippen LogP contribution in [-0.2, 0) is 4.65 Å². The standard InChI is InChI=1S/C15H15N5.CO/c1-9-13(8-16)10(2)19-15(14(9)18-3)11-5-4-6-12(7-11)20-17;1-2/h4-7,9,19-20H,17H2,1-2H3;/t9-;/m1./s1. The van der Waals surface area contributed by atoms with Crippen LogP contribution in [0.1, 0.15) is 19.4 Å². The number of hydrazine groups is 1. The van der Waals surface area contributed by atoms with E-state index in [-0.39, 0.29) is 5.92 Å². The van der Waals surface area contributed by atoms with Gasteiger partial charge in [0.15, 0.2) is 5.70 Å². The zero-order valence-electron chi connectivity index (χ0n) is 12.3. The van der Waals surface area contributed by atoms with Crippen LogP contribution in [0.2, 0.25) is 0 Å². The molecule has 1 heterocycles. The van der Waals surface area contributed by atoms with Crippen molar-refractivity contribution in [3.05, 3.63) is 64.9 Å². The average molecular weight is 293 g/mol. The summed E-state index contributed by atoms with van der Waals surface area (Å²) in [6, 6.07) is 9.65. The van der Waals surface area contributed by atoms with Crippen molar-refractivity contribution in [2.24, 2.45) is 11.8 Å². The van der Waals surface area contributed by atoms with Crippen LogP contribution in [0.15, 0.2) is 41.2 Å². The van der Waals surface area contributed by atoms with Crippen molar-refractivity contribution in [2.45, 2.75) is 13.8 Å². The number of nitrogen functional groups attached to an aromatic ring is 1. The first-order chi connectivity index (χ1) is 10.6. The third kappa shape index (κ3) is 3.17. The Bertz CT molecular complexity index is 731. The van der Waals surface area contributed by atoms with Crippen molar-refractivity contribution >= 4 is 11.4 Å². The summed E-state index contributed by atoms with van der Waals surface area (Å²) in [6.07, 6.45) is 0. The van der Waals surface area contributed by atoms with Gasteiger partial charge in [-0.2, -0.15) is 5.26 Å². The third-order valence-corrected chi connectivity index (χ3v) is 3.37. The van der Waals surface area contributed by atoms with Gasteiger partial charge in [-0.3, -0.25) is 5.84 Å². The molecule has 0 saturated heterocycles. The fourth-order valence-corrected chi connectivity index (χ4v) is 2.31. The average Bonchev–Trinajstić information content (AvgIpc) is 2.56. The summed E-state index contributed by atoms with van der Waals surface area (Å²) < 4.78 is 7.50. The molecule has 0 unspecified atom stereocenters. The molecular formula is C16H15N5O. The van der Waals surface area contributed by atoms with Crippen molar-refractivity contribution in [3.63, 3.8) is 0 Å². The Morgan fingerprint density at radius 1 is 1.45 bits per heavy atom. The number of nitrogens with zero attached hydrogens (tertiary/aromatic N) is 2. The van der Waals surface area contributed by atoms with E-state index in [0.717, 1.165) is 22.6 Å². The van der Waals surface area contributed by atoms with Crippen molar-refractivity contribution < 1.29 is 4.65 Å². The summed E-state index contributed by atoms with van der Waals surface area (Å²) in [6.45, 7) is 15.6. The summed E-state index contributed by atoms with van der Waals surface area (Å²) in [5.74, 6) is 5.21. The van der Waals surface area contributed by atoms with Crippen LogP contribution in [0.3, 0.4) is 0 Å². The number of dihydropyridines is 1. The molecule has 0 bridgehead atoms. The monoisotopic (exact) mass is 293 g/mol. The molecule has 0 aliphatic carbocycles. The summed E-state index contributed by atoms with van der Waals surface area (Å²) in [5.41, 5.74) is 6.89. The Morgan fingerprint density at radius 3 is 2.68 bits per heavy atom. The summed E-state index contributed by atoms with van der Waals surface area (Å²) in [4.78, 5) is 3.60. The molecule has 0 radical (unpaired) electrons. The first-order valence-electron chi connectivity index (χ1n) is 6.39. The Morgan fingerprint density at radius 2 is 2.14 bits per heavy atom. The number of nitriles is 1. The van der Waals surface area contributed by atoms with Gasteiger partial charge in [0.2, 0.25) is 0 Å². The predicted molar refractivity (Wildman–Crippen MR) is 82.3 cm³/mol. The summed E-state index contributed by atoms with van der Waals surface area (Å²) in [5, 5.41) is 12.4. The normalized spacial score (nSPS) is 16.6. The predicted octanol–water partition coefficient (Wildman–Crippen LogP) is 2.56. The molecule has 110 valence electrons. The molecule has 1 atom stereocenters. The molecular weight excluding hydrogens is 278 g/mol. The maximum absolute atomic E-state index is 9.18. The Labute approximate surface area is 129 Å². The second-order valence-corrected chi connectivity index (χ2v) is 4.59. The number of benzene rings is 1. The fourth-order valence-electron chi connectivity index (χ4n) is 2.31. The van der Waals surface area contributed by atoms with E-state index in [1.54, 1.807) is 0 Å². The third-order valence-electron chi connectivity index (χ3n) is 3.37. The van der Waals surface area contributed by atoms with E-state index in [1.807, 2.05) is 38.1 Å². The van der Waals surface area contributed by atoms with Crippen molar-refractivity contribution in [3.8, 4) is 6.07 Å². The summed E-state index contributed by atoms with van der Waals surface area (Å²) in [7, 11) is 0. The van der Waals surface area contributed by atoms with Crippen LogP contribution in [0.5, 0.6) is 0 Å². The van der Waals surface area contributed by atoms with Crippen LogP contribution >= 0.6 is 0 Å². The van der Waals surface area contributed by atoms with E-state index in [4.69, 9.17) is 17.1 Å². The summed E-state index contributed by atoms with van der Waals surface area (Å²) >= 11 is 0. The number of nitrogens with two attached hydrogens (primary N) is 1. The molecule has 0 aromatic heterocycles. The fraction of sp³-hybridized carbons (Fsp3) is 0.188. The van der Waals surface area contributed by atoms with Crippen molar-refractivity contribution in [2.75, 3.05) is 5.43 Å². The molecule has 1 aliphatic heterocycles. The van der Waals surface area contributed by atoms with E-state index >= 15 is 0 Å². The second kappa shape index (κ2) is 7.68. The molecule has 2 rings (SSSR count). The van der Waals surface area contributed by atoms with E-state index in [2.05, 4.69) is 28.3 Å². The number of rotatable bonds is 2. The molecule has 1 aromatic rings. The minimum absolute atomic E-state index is 0.205. The first kappa shape index (κ1) is 17.0. The van der Waals surface area contributed by atoms with Gasteiger partial charge < -0.3 is 10.7 Å². The van der Waals surface area contributed by atoms with E-state index in [1.165, 1.54) is 0 Å². The maximum atomic E-state index is 9.18. The van der Waals surface area contributed by atoms with Gasteiger partial charge in [0.1, 0.15) is 0 Å². The van der Waals surface area contributed by atoms with Crippen LogP contribution in [0, 0.1) is 30.5 Å². The van der Waals surface area contributed by atoms with Crippen LogP contribution in [-0.4, -0.2) is 0 Å². The number of nitrogens with one attached hydrogen (secondary N) is 2. The minimum atomic E-state index is -0.205. The molecule has 4 N–H and O–H groups in total. The van der Waals surface area contributed by atoms with Gasteiger partial charge in [0.05, 0.1) is 12.6 Å². The van der Waals surface area contributed by atoms with Gasteiger partial charge in [-0.25, -0.2) is 4.85 Å². The molecule has 0 saturated carbocycles. The van der Waals surface area contributed by atoms with Crippen LogP contribution in [0.4, 0.5) is 5.69 Å². The van der Waals surface area contributed by atoms with E-state index in [9.17, 15) is 5.26 Å². The van der Waals surface area contributed by atoms with E-state index in [0.29, 0.717) is 11.3 Å². The number of hydrogen-bond donors (Lipinski definition) is 3. The Balaban J connectivity index is 0.00000116. The topological polar surface area (TPSA) is 98.1 Å². The number of anilines is 1. The van der Waals surface area contributed by atoms with Crippen molar-refractivity contribution in [1.82, 2.24) is 5.32 Å². The van der Waals surface area contributed by atoms with E-state index < -0.39 is 0 Å². The van der Waals surface area contributed by atoms with Gasteiger partial charge in [0, 0.05) is 28.6 Å². The molecule has 0 fully saturated rings. The molecule has 1 aromatic carbocycles. The molecule has 0 spiro atoms. The van der Waals surface area contributed by atoms with Crippen LogP contribution in [0.25, 0.3) is 10.5 Å². The molecule has 6 nitrogen and oxygen atoms in total. The zero-order valence-corrected chi connectivity index (χ0v) is 12.3. The Kier molecular flexibility index (Phi) is 5.95. The van der Waals surface area contributed by atoms with Gasteiger partial charge in [-0.05, 0) is 24.6 Å². The van der Waals surface area contributed by atoms with Gasteiger partial charge in [-0.1, -0.05) is 19.1 Å². The first-order valence-corrected chi connectivity index (χ1v) is 6.39. The quantitative estimate of drug-likeness (QED) is 0.338. The Hall–Kier alpha value is -3.02. The molecule has 6 heteroatoms. The van der Waals surface area contributed by atoms with Crippen molar-refractivity contribution in [1.29, 1.82) is 5.26 Å². The van der Waals surface area contributed by atoms with Crippen LogP contribution < -0.4 is 16.6 Å². The number of hydrogen-bond acceptors (Lipinski definition) is 4. The zero-order chi connectivity index (χ0) is 16.7. The molecule has 0 amide bonds. The number of allylic oxidation sites excluding steroid dienone is 2. The van der Waals surface area contributed by atoms with Gasteiger partial charge in [-0.15, -0.1) is 0 Å². The molecule has 22 heavy (non-hydrogen) atoms. The second-order valence-electron chi connectivity index (χ2n) is 4.59.